The second-order valence-electron chi connectivity index (χ2n) is 10.2. The molecule has 0 radical (unpaired) electrons. The molecule has 1 unspecified atom stereocenters. The SMILES string of the molecule is COc1ccccc1C1c2c(C)nn(-c3ccccc3)c2Oc2ncn3nc(-c4ccc5ccccc5c4O)nc3c21. The first-order valence-corrected chi connectivity index (χ1v) is 13.5. The lowest BCUT2D eigenvalue weighted by Crippen LogP contribution is -2.16. The van der Waals surface area contributed by atoms with Crippen LogP contribution in [0.3, 0.4) is 0 Å². The summed E-state index contributed by atoms with van der Waals surface area (Å²) in [7, 11) is 1.66. The molecule has 0 spiro atoms. The number of hydrogen-bond acceptors (Lipinski definition) is 7. The molecule has 42 heavy (non-hydrogen) atoms. The van der Waals surface area contributed by atoms with Gasteiger partial charge in [0.15, 0.2) is 11.5 Å². The zero-order valence-electron chi connectivity index (χ0n) is 22.8. The molecule has 3 aromatic heterocycles. The van der Waals surface area contributed by atoms with Gasteiger partial charge in [0.2, 0.25) is 11.8 Å². The molecular formula is C33H24N6O3. The number of fused-ring (bicyclic) bond motifs is 5. The number of aryl methyl sites for hydroxylation is 1. The van der Waals surface area contributed by atoms with Crippen LogP contribution in [0.5, 0.6) is 23.3 Å². The van der Waals surface area contributed by atoms with Crippen molar-refractivity contribution in [1.82, 2.24) is 29.4 Å². The minimum Gasteiger partial charge on any atom is -0.507 e. The number of para-hydroxylation sites is 2. The fraction of sp³-hybridized carbons (Fsp3) is 0.0909. The smallest absolute Gasteiger partial charge is 0.230 e. The molecule has 0 saturated heterocycles. The van der Waals surface area contributed by atoms with Gasteiger partial charge in [-0.2, -0.15) is 5.10 Å². The van der Waals surface area contributed by atoms with Gasteiger partial charge in [-0.15, -0.1) is 5.10 Å². The van der Waals surface area contributed by atoms with E-state index in [4.69, 9.17) is 29.6 Å². The van der Waals surface area contributed by atoms with Gasteiger partial charge in [0.25, 0.3) is 0 Å². The maximum absolute atomic E-state index is 11.2. The summed E-state index contributed by atoms with van der Waals surface area (Å²) in [5.41, 5.74) is 5.34. The van der Waals surface area contributed by atoms with E-state index in [1.165, 1.54) is 0 Å². The molecule has 0 amide bonds. The van der Waals surface area contributed by atoms with Gasteiger partial charge in [0, 0.05) is 10.9 Å². The zero-order valence-corrected chi connectivity index (χ0v) is 22.8. The van der Waals surface area contributed by atoms with Crippen LogP contribution in [0.25, 0.3) is 33.5 Å². The number of rotatable bonds is 4. The van der Waals surface area contributed by atoms with Gasteiger partial charge in [-0.05, 0) is 36.6 Å². The van der Waals surface area contributed by atoms with E-state index in [2.05, 4.69) is 0 Å². The van der Waals surface area contributed by atoms with E-state index in [0.717, 1.165) is 44.6 Å². The summed E-state index contributed by atoms with van der Waals surface area (Å²) in [4.78, 5) is 9.66. The third-order valence-electron chi connectivity index (χ3n) is 7.81. The van der Waals surface area contributed by atoms with Crippen LogP contribution in [0.2, 0.25) is 0 Å². The van der Waals surface area contributed by atoms with E-state index < -0.39 is 0 Å². The Morgan fingerprint density at radius 1 is 0.857 bits per heavy atom. The van der Waals surface area contributed by atoms with Gasteiger partial charge in [0.05, 0.1) is 41.1 Å². The third-order valence-corrected chi connectivity index (χ3v) is 7.81. The number of phenolic OH excluding ortho intramolecular Hbond substituents is 1. The van der Waals surface area contributed by atoms with Crippen LogP contribution < -0.4 is 9.47 Å². The van der Waals surface area contributed by atoms with Crippen LogP contribution in [-0.2, 0) is 0 Å². The second-order valence-corrected chi connectivity index (χ2v) is 10.2. The van der Waals surface area contributed by atoms with Gasteiger partial charge in [0.1, 0.15) is 17.8 Å². The molecule has 4 aromatic carbocycles. The predicted molar refractivity (Wildman–Crippen MR) is 158 cm³/mol. The van der Waals surface area contributed by atoms with Crippen molar-refractivity contribution in [2.45, 2.75) is 12.8 Å². The summed E-state index contributed by atoms with van der Waals surface area (Å²) in [6, 6.07) is 29.3. The number of aromatic nitrogens is 6. The van der Waals surface area contributed by atoms with Crippen molar-refractivity contribution >= 4 is 16.4 Å². The topological polar surface area (TPSA) is 99.6 Å². The number of phenols is 1. The number of methoxy groups -OCH3 is 1. The number of aromatic hydroxyl groups is 1. The fourth-order valence-electron chi connectivity index (χ4n) is 5.89. The summed E-state index contributed by atoms with van der Waals surface area (Å²) < 4.78 is 15.8. The quantitative estimate of drug-likeness (QED) is 0.268. The standard InChI is InChI=1S/C33H24N6O3/c1-19-26-27(23-14-8-9-15-25(23)41-2)28-31-35-30(24-17-16-20-10-6-7-13-22(20)29(24)40)37-38(31)18-34-32(28)42-33(26)39(36-19)21-11-4-3-5-12-21/h3-18,27,40H,1-2H3. The first kappa shape index (κ1) is 24.1. The summed E-state index contributed by atoms with van der Waals surface area (Å²) in [6.07, 6.45) is 1.59. The molecule has 0 saturated carbocycles. The van der Waals surface area contributed by atoms with Crippen molar-refractivity contribution < 1.29 is 14.6 Å². The lowest BCUT2D eigenvalue weighted by molar-refractivity contribution is 0.393. The number of benzene rings is 4. The monoisotopic (exact) mass is 552 g/mol. The van der Waals surface area contributed by atoms with Crippen LogP contribution in [-0.4, -0.2) is 41.6 Å². The Kier molecular flexibility index (Phi) is 5.27. The fourth-order valence-corrected chi connectivity index (χ4v) is 5.89. The highest BCUT2D eigenvalue weighted by Crippen LogP contribution is 2.51. The van der Waals surface area contributed by atoms with E-state index in [-0.39, 0.29) is 11.7 Å². The first-order chi connectivity index (χ1) is 20.6. The third kappa shape index (κ3) is 3.50. The Hall–Kier alpha value is -5.70. The largest absolute Gasteiger partial charge is 0.507 e. The summed E-state index contributed by atoms with van der Waals surface area (Å²) >= 11 is 0. The zero-order chi connectivity index (χ0) is 28.4. The summed E-state index contributed by atoms with van der Waals surface area (Å²) in [5, 5.41) is 22.5. The summed E-state index contributed by atoms with van der Waals surface area (Å²) in [6.45, 7) is 1.98. The van der Waals surface area contributed by atoms with E-state index >= 15 is 0 Å². The first-order valence-electron chi connectivity index (χ1n) is 13.5. The lowest BCUT2D eigenvalue weighted by Gasteiger charge is -2.27. The van der Waals surface area contributed by atoms with Crippen molar-refractivity contribution in [1.29, 1.82) is 0 Å². The van der Waals surface area contributed by atoms with Gasteiger partial charge >= 0.3 is 0 Å². The Morgan fingerprint density at radius 2 is 1.64 bits per heavy atom. The van der Waals surface area contributed by atoms with Crippen molar-refractivity contribution in [3.05, 3.63) is 120 Å². The van der Waals surface area contributed by atoms with Crippen molar-refractivity contribution in [2.75, 3.05) is 7.11 Å². The van der Waals surface area contributed by atoms with E-state index in [1.807, 2.05) is 103 Å². The molecule has 0 aliphatic carbocycles. The highest BCUT2D eigenvalue weighted by molar-refractivity contribution is 5.94. The highest BCUT2D eigenvalue weighted by atomic mass is 16.5. The van der Waals surface area contributed by atoms with Crippen molar-refractivity contribution in [3.63, 3.8) is 0 Å². The van der Waals surface area contributed by atoms with Crippen LogP contribution in [0.15, 0.2) is 97.3 Å². The van der Waals surface area contributed by atoms with Gasteiger partial charge < -0.3 is 14.6 Å². The maximum atomic E-state index is 11.2. The minimum absolute atomic E-state index is 0.130. The number of hydrogen-bond donors (Lipinski definition) is 1. The van der Waals surface area contributed by atoms with E-state index in [1.54, 1.807) is 18.0 Å². The number of ether oxygens (including phenoxy) is 2. The summed E-state index contributed by atoms with van der Waals surface area (Å²) in [5.74, 6) is 1.87. The normalized spacial score (nSPS) is 14.0. The second kappa shape index (κ2) is 9.17. The minimum atomic E-state index is -0.365. The van der Waals surface area contributed by atoms with Gasteiger partial charge in [-0.25, -0.2) is 19.2 Å². The average molecular weight is 553 g/mol. The van der Waals surface area contributed by atoms with Crippen LogP contribution in [0, 0.1) is 6.92 Å². The Morgan fingerprint density at radius 3 is 2.50 bits per heavy atom. The Balaban J connectivity index is 1.39. The molecule has 8 rings (SSSR count). The maximum Gasteiger partial charge on any atom is 0.230 e. The Bertz CT molecular complexity index is 2150. The molecule has 9 nitrogen and oxygen atoms in total. The Labute approximate surface area is 240 Å². The molecule has 1 N–H and O–H groups in total. The molecule has 0 bridgehead atoms. The van der Waals surface area contributed by atoms with Crippen LogP contribution in [0.1, 0.15) is 28.3 Å². The molecule has 0 fully saturated rings. The molecule has 1 aliphatic heterocycles. The van der Waals surface area contributed by atoms with Crippen molar-refractivity contribution in [2.24, 2.45) is 0 Å². The van der Waals surface area contributed by atoms with E-state index in [9.17, 15) is 5.11 Å². The average Bonchev–Trinajstić information content (AvgIpc) is 3.62. The molecule has 4 heterocycles. The van der Waals surface area contributed by atoms with Crippen molar-refractivity contribution in [3.8, 4) is 40.3 Å². The molecule has 204 valence electrons. The molecule has 1 aliphatic rings. The highest BCUT2D eigenvalue weighted by Gasteiger charge is 2.39. The van der Waals surface area contributed by atoms with Gasteiger partial charge in [-0.1, -0.05) is 66.7 Å². The molecule has 9 heteroatoms. The van der Waals surface area contributed by atoms with Crippen LogP contribution >= 0.6 is 0 Å². The van der Waals surface area contributed by atoms with E-state index in [0.29, 0.717) is 28.8 Å². The predicted octanol–water partition coefficient (Wildman–Crippen LogP) is 6.44. The molecule has 7 aromatic rings. The lowest BCUT2D eigenvalue weighted by atomic mass is 9.84. The number of nitrogens with zero attached hydrogens (tertiary/aromatic N) is 6. The van der Waals surface area contributed by atoms with Crippen LogP contribution in [0.4, 0.5) is 0 Å². The van der Waals surface area contributed by atoms with Gasteiger partial charge in [-0.3, -0.25) is 0 Å². The molecule has 1 atom stereocenters. The molecular weight excluding hydrogens is 528 g/mol.